The summed E-state index contributed by atoms with van der Waals surface area (Å²) in [6, 6.07) is 1.01. The average molecular weight is 577 g/mol. The Labute approximate surface area is 239 Å². The fourth-order valence-electron chi connectivity index (χ4n) is 4.62. The number of carbonyl (C=O) groups excluding carboxylic acids is 2. The van der Waals surface area contributed by atoms with Crippen LogP contribution in [0.15, 0.2) is 12.4 Å². The highest BCUT2D eigenvalue weighted by Crippen LogP contribution is 2.25. The lowest BCUT2D eigenvalue weighted by molar-refractivity contribution is 0.0112. The van der Waals surface area contributed by atoms with Crippen molar-refractivity contribution in [3.05, 3.63) is 18.0 Å². The number of nitrogens with zero attached hydrogens (tertiary/aromatic N) is 4. The third-order valence-electron chi connectivity index (χ3n) is 6.69. The van der Waals surface area contributed by atoms with Crippen LogP contribution in [0.5, 0.6) is 0 Å². The number of amides is 2. The predicted molar refractivity (Wildman–Crippen MR) is 159 cm³/mol. The number of anilines is 1. The van der Waals surface area contributed by atoms with Gasteiger partial charge in [-0.05, 0) is 53.5 Å². The number of carbonyl (C=O) groups is 2. The van der Waals surface area contributed by atoms with E-state index < -0.39 is 13.7 Å². The summed E-state index contributed by atoms with van der Waals surface area (Å²) >= 11 is 0. The van der Waals surface area contributed by atoms with Crippen LogP contribution in [0.25, 0.3) is 11.2 Å². The fraction of sp³-hybridized carbons (Fsp3) is 0.714. The Morgan fingerprint density at radius 1 is 1.25 bits per heavy atom. The topological polar surface area (TPSA) is 120 Å². The molecule has 11 nitrogen and oxygen atoms in total. The van der Waals surface area contributed by atoms with Gasteiger partial charge in [0.15, 0.2) is 5.65 Å². The lowest BCUT2D eigenvalue weighted by Crippen LogP contribution is -2.49. The Hall–Kier alpha value is -2.70. The molecule has 3 rings (SSSR count). The monoisotopic (exact) mass is 576 g/mol. The molecule has 40 heavy (non-hydrogen) atoms. The highest BCUT2D eigenvalue weighted by molar-refractivity contribution is 6.76. The van der Waals surface area contributed by atoms with E-state index in [0.717, 1.165) is 18.9 Å². The first-order valence-electron chi connectivity index (χ1n) is 14.2. The quantitative estimate of drug-likeness (QED) is 0.292. The van der Waals surface area contributed by atoms with Crippen LogP contribution in [0.1, 0.15) is 57.8 Å². The maximum Gasteiger partial charge on any atom is 0.410 e. The molecule has 1 aliphatic rings. The van der Waals surface area contributed by atoms with E-state index in [1.807, 2.05) is 39.2 Å². The zero-order valence-corrected chi connectivity index (χ0v) is 26.7. The van der Waals surface area contributed by atoms with Gasteiger partial charge in [-0.2, -0.15) is 0 Å². The first-order valence-corrected chi connectivity index (χ1v) is 17.9. The average Bonchev–Trinajstić information content (AvgIpc) is 3.18. The van der Waals surface area contributed by atoms with Crippen molar-refractivity contribution in [2.45, 2.75) is 104 Å². The molecule has 0 saturated carbocycles. The molecule has 3 atom stereocenters. The number of hydrogen-bond acceptors (Lipinski definition) is 8. The summed E-state index contributed by atoms with van der Waals surface area (Å²) in [4.78, 5) is 37.1. The molecule has 1 saturated heterocycles. The van der Waals surface area contributed by atoms with Gasteiger partial charge in [-0.15, -0.1) is 0 Å². The minimum absolute atomic E-state index is 0.00999. The van der Waals surface area contributed by atoms with E-state index in [9.17, 15) is 9.59 Å². The lowest BCUT2D eigenvalue weighted by Gasteiger charge is -2.38. The van der Waals surface area contributed by atoms with Crippen LogP contribution in [0.2, 0.25) is 25.7 Å². The van der Waals surface area contributed by atoms with E-state index in [4.69, 9.17) is 19.2 Å². The second-order valence-corrected chi connectivity index (χ2v) is 18.6. The number of nitrogens with one attached hydrogen (secondary N) is 2. The zero-order chi connectivity index (χ0) is 29.7. The number of ether oxygens (including phenoxy) is 3. The summed E-state index contributed by atoms with van der Waals surface area (Å²) in [5.41, 5.74) is 1.02. The lowest BCUT2D eigenvalue weighted by atomic mass is 9.99. The molecule has 1 aliphatic heterocycles. The fourth-order valence-corrected chi connectivity index (χ4v) is 5.38. The van der Waals surface area contributed by atoms with Crippen molar-refractivity contribution < 1.29 is 23.8 Å². The number of likely N-dealkylation sites (tertiary alicyclic amines) is 1. The molecule has 12 heteroatoms. The molecule has 224 valence electrons. The maximum atomic E-state index is 13.2. The van der Waals surface area contributed by atoms with E-state index >= 15 is 0 Å². The Bertz CT molecular complexity index is 1160. The van der Waals surface area contributed by atoms with Crippen molar-refractivity contribution >= 4 is 37.1 Å². The van der Waals surface area contributed by atoms with E-state index in [1.54, 1.807) is 24.4 Å². The third kappa shape index (κ3) is 9.17. The van der Waals surface area contributed by atoms with E-state index in [2.05, 4.69) is 35.3 Å². The molecule has 0 aliphatic carbocycles. The Kier molecular flexibility index (Phi) is 10.6. The van der Waals surface area contributed by atoms with Crippen LogP contribution < -0.4 is 10.6 Å². The summed E-state index contributed by atoms with van der Waals surface area (Å²) in [5.74, 6) is 0.355. The van der Waals surface area contributed by atoms with Crippen LogP contribution in [0.4, 0.5) is 10.6 Å². The number of methoxy groups -OCH3 is 1. The highest BCUT2D eigenvalue weighted by Gasteiger charge is 2.32. The van der Waals surface area contributed by atoms with Crippen LogP contribution in [0, 0.1) is 0 Å². The molecular formula is C28H48N6O5Si. The van der Waals surface area contributed by atoms with Gasteiger partial charge >= 0.3 is 6.09 Å². The van der Waals surface area contributed by atoms with Crippen molar-refractivity contribution in [3.8, 4) is 0 Å². The molecule has 2 aromatic heterocycles. The van der Waals surface area contributed by atoms with Crippen LogP contribution >= 0.6 is 0 Å². The van der Waals surface area contributed by atoms with Crippen molar-refractivity contribution in [1.82, 2.24) is 24.8 Å². The Morgan fingerprint density at radius 2 is 1.98 bits per heavy atom. The molecule has 0 radical (unpaired) electrons. The SMILES string of the molecule is COCC(C)NC(=O)c1cn(COCC[Si](C)(C)C)c2ncc(N[C@H]3CCN(C(=O)OC(C)(C)C)[C@@H](C)C3)nc12. The van der Waals surface area contributed by atoms with Gasteiger partial charge in [-0.1, -0.05) is 19.6 Å². The minimum Gasteiger partial charge on any atom is -0.444 e. The van der Waals surface area contributed by atoms with Crippen molar-refractivity contribution in [2.24, 2.45) is 0 Å². The van der Waals surface area contributed by atoms with Crippen LogP contribution in [-0.2, 0) is 20.9 Å². The smallest absolute Gasteiger partial charge is 0.410 e. The summed E-state index contributed by atoms with van der Waals surface area (Å²) < 4.78 is 18.5. The summed E-state index contributed by atoms with van der Waals surface area (Å²) in [6.07, 6.45) is 4.66. The first-order chi connectivity index (χ1) is 18.7. The second kappa shape index (κ2) is 13.3. The summed E-state index contributed by atoms with van der Waals surface area (Å²) in [5, 5.41) is 6.45. The molecule has 2 aromatic rings. The third-order valence-corrected chi connectivity index (χ3v) is 8.39. The van der Waals surface area contributed by atoms with Gasteiger partial charge in [-0.3, -0.25) is 4.79 Å². The van der Waals surface area contributed by atoms with Crippen molar-refractivity contribution in [3.63, 3.8) is 0 Å². The largest absolute Gasteiger partial charge is 0.444 e. The molecule has 2 N–H and O–H groups in total. The van der Waals surface area contributed by atoms with Gasteiger partial charge in [0, 0.05) is 52.7 Å². The Morgan fingerprint density at radius 3 is 2.60 bits per heavy atom. The maximum absolute atomic E-state index is 13.2. The molecular weight excluding hydrogens is 528 g/mol. The standard InChI is InChI=1S/C28H48N6O5Si/c1-19(17-37-6)30-26(35)22-16-33(18-38-12-13-40(7,8)9)25-24(22)32-23(15-29-25)31-21-10-11-34(20(2)14-21)27(36)39-28(3,4)5/h15-16,19-21H,10-14,17-18H2,1-9H3,(H,30,35)(H,31,32)/t19?,20-,21-/m0/s1. The normalized spacial score (nSPS) is 19.0. The molecule has 1 fully saturated rings. The van der Waals surface area contributed by atoms with E-state index in [-0.39, 0.29) is 30.1 Å². The highest BCUT2D eigenvalue weighted by atomic mass is 28.3. The number of fused-ring (bicyclic) bond motifs is 1. The number of rotatable bonds is 11. The van der Waals surface area contributed by atoms with E-state index in [1.165, 1.54) is 0 Å². The summed E-state index contributed by atoms with van der Waals surface area (Å²) in [6.45, 7) is 18.4. The van der Waals surface area contributed by atoms with Gasteiger partial charge in [0.1, 0.15) is 23.7 Å². The minimum atomic E-state index is -1.22. The second-order valence-electron chi connectivity index (χ2n) is 13.0. The zero-order valence-electron chi connectivity index (χ0n) is 25.7. The molecule has 0 spiro atoms. The van der Waals surface area contributed by atoms with E-state index in [0.29, 0.717) is 49.0 Å². The molecule has 2 amide bonds. The first kappa shape index (κ1) is 31.8. The van der Waals surface area contributed by atoms with Crippen LogP contribution in [0.3, 0.4) is 0 Å². The van der Waals surface area contributed by atoms with Gasteiger partial charge < -0.3 is 34.3 Å². The van der Waals surface area contributed by atoms with Crippen molar-refractivity contribution in [1.29, 1.82) is 0 Å². The Balaban J connectivity index is 1.76. The van der Waals surface area contributed by atoms with Gasteiger partial charge in [0.25, 0.3) is 5.91 Å². The predicted octanol–water partition coefficient (Wildman–Crippen LogP) is 4.71. The molecule has 0 aromatic carbocycles. The van der Waals surface area contributed by atoms with Gasteiger partial charge in [0.05, 0.1) is 18.4 Å². The number of hydrogen-bond donors (Lipinski definition) is 2. The summed E-state index contributed by atoms with van der Waals surface area (Å²) in [7, 11) is 0.387. The van der Waals surface area contributed by atoms with Crippen molar-refractivity contribution in [2.75, 3.05) is 32.2 Å². The van der Waals surface area contributed by atoms with Gasteiger partial charge in [0.2, 0.25) is 0 Å². The molecule has 1 unspecified atom stereocenters. The molecule has 3 heterocycles. The number of aromatic nitrogens is 3. The number of piperidine rings is 1. The van der Waals surface area contributed by atoms with Crippen LogP contribution in [-0.4, -0.2) is 90.1 Å². The molecule has 0 bridgehead atoms. The van der Waals surface area contributed by atoms with Gasteiger partial charge in [-0.25, -0.2) is 14.8 Å².